The summed E-state index contributed by atoms with van der Waals surface area (Å²) in [6.45, 7) is 5.98. The molecule has 20 heavy (non-hydrogen) atoms. The molecule has 0 aromatic carbocycles. The minimum atomic E-state index is -1.09. The van der Waals surface area contributed by atoms with Crippen molar-refractivity contribution in [1.29, 1.82) is 0 Å². The third kappa shape index (κ3) is 1.46. The maximum absolute atomic E-state index is 12.0. The van der Waals surface area contributed by atoms with E-state index in [0.717, 1.165) is 18.4 Å². The van der Waals surface area contributed by atoms with E-state index in [9.17, 15) is 9.90 Å². The van der Waals surface area contributed by atoms with Crippen molar-refractivity contribution in [3.63, 3.8) is 0 Å². The van der Waals surface area contributed by atoms with Crippen molar-refractivity contribution in [1.82, 2.24) is 0 Å². The second kappa shape index (κ2) is 4.18. The molecule has 1 saturated carbocycles. The zero-order chi connectivity index (χ0) is 14.7. The van der Waals surface area contributed by atoms with Crippen LogP contribution in [0.5, 0.6) is 0 Å². The minimum absolute atomic E-state index is 0.329. The Morgan fingerprint density at radius 1 is 1.50 bits per heavy atom. The van der Waals surface area contributed by atoms with Gasteiger partial charge in [0.2, 0.25) is 5.79 Å². The molecule has 0 unspecified atom stereocenters. The van der Waals surface area contributed by atoms with Gasteiger partial charge in [-0.25, -0.2) is 4.79 Å². The van der Waals surface area contributed by atoms with Crippen LogP contribution in [-0.2, 0) is 14.3 Å². The largest absolute Gasteiger partial charge is 0.425 e. The highest BCUT2D eigenvalue weighted by molar-refractivity contribution is 5.92. The van der Waals surface area contributed by atoms with Crippen molar-refractivity contribution in [3.05, 3.63) is 22.8 Å². The van der Waals surface area contributed by atoms with Gasteiger partial charge in [-0.2, -0.15) is 0 Å². The number of rotatable bonds is 1. The normalized spacial score (nSPS) is 43.9. The number of carbonyl (C=O) groups is 1. The maximum atomic E-state index is 12.0. The summed E-state index contributed by atoms with van der Waals surface area (Å²) in [5.41, 5.74) is 1.94. The van der Waals surface area contributed by atoms with E-state index in [0.29, 0.717) is 23.5 Å². The SMILES string of the molecule is CO[C@@]12CC3=CCC[C@H](C)[C@@]3(C)[C@H](O)C1=C(C)C(=O)O2. The first-order chi connectivity index (χ1) is 9.36. The molecule has 1 N–H and O–H groups in total. The molecular weight excluding hydrogens is 256 g/mol. The topological polar surface area (TPSA) is 55.8 Å². The van der Waals surface area contributed by atoms with Crippen molar-refractivity contribution in [3.8, 4) is 0 Å². The van der Waals surface area contributed by atoms with Gasteiger partial charge in [0.15, 0.2) is 0 Å². The van der Waals surface area contributed by atoms with Gasteiger partial charge in [-0.1, -0.05) is 25.5 Å². The highest BCUT2D eigenvalue weighted by Crippen LogP contribution is 2.58. The standard InChI is InChI=1S/C16H22O4/c1-9-6-5-7-11-8-16(19-4)12(10(2)14(18)20-16)13(17)15(9,11)3/h7,9,13,17H,5-6,8H2,1-4H3/t9-,13+,15+,16+/m0/s1. The number of aliphatic hydroxyl groups excluding tert-OH is 1. The van der Waals surface area contributed by atoms with Crippen LogP contribution in [0.15, 0.2) is 22.8 Å². The molecule has 0 saturated heterocycles. The first-order valence-corrected chi connectivity index (χ1v) is 7.24. The van der Waals surface area contributed by atoms with Crippen LogP contribution >= 0.6 is 0 Å². The van der Waals surface area contributed by atoms with E-state index >= 15 is 0 Å². The van der Waals surface area contributed by atoms with E-state index in [2.05, 4.69) is 19.9 Å². The Kier molecular flexibility index (Phi) is 2.89. The van der Waals surface area contributed by atoms with Gasteiger partial charge in [0, 0.05) is 30.1 Å². The molecule has 3 rings (SSSR count). The number of methoxy groups -OCH3 is 1. The molecule has 0 bridgehead atoms. The van der Waals surface area contributed by atoms with Crippen molar-refractivity contribution in [2.24, 2.45) is 11.3 Å². The third-order valence-corrected chi connectivity index (χ3v) is 5.68. The van der Waals surface area contributed by atoms with E-state index in [1.54, 1.807) is 6.92 Å². The molecule has 0 amide bonds. The van der Waals surface area contributed by atoms with Gasteiger partial charge >= 0.3 is 5.97 Å². The summed E-state index contributed by atoms with van der Waals surface area (Å²) in [7, 11) is 1.54. The quantitative estimate of drug-likeness (QED) is 0.591. The Balaban J connectivity index is 2.18. The Labute approximate surface area is 119 Å². The van der Waals surface area contributed by atoms with Crippen molar-refractivity contribution < 1.29 is 19.4 Å². The maximum Gasteiger partial charge on any atom is 0.336 e. The first-order valence-electron chi connectivity index (χ1n) is 7.24. The fraction of sp³-hybridized carbons (Fsp3) is 0.688. The van der Waals surface area contributed by atoms with Crippen LogP contribution in [0, 0.1) is 11.3 Å². The third-order valence-electron chi connectivity index (χ3n) is 5.68. The average Bonchev–Trinajstić information content (AvgIpc) is 2.66. The lowest BCUT2D eigenvalue weighted by molar-refractivity contribution is -0.206. The number of carbonyl (C=O) groups excluding carboxylic acids is 1. The summed E-state index contributed by atoms with van der Waals surface area (Å²) < 4.78 is 11.0. The first kappa shape index (κ1) is 13.8. The van der Waals surface area contributed by atoms with Gasteiger partial charge in [0.25, 0.3) is 0 Å². The van der Waals surface area contributed by atoms with Gasteiger partial charge in [-0.15, -0.1) is 0 Å². The van der Waals surface area contributed by atoms with Gasteiger partial charge in [-0.05, 0) is 25.7 Å². The van der Waals surface area contributed by atoms with Crippen molar-refractivity contribution >= 4 is 5.97 Å². The van der Waals surface area contributed by atoms with Gasteiger partial charge in [-0.3, -0.25) is 0 Å². The summed E-state index contributed by atoms with van der Waals surface area (Å²) in [6, 6.07) is 0. The predicted octanol–water partition coefficient (Wildman–Crippen LogP) is 2.33. The molecule has 0 radical (unpaired) electrons. The Morgan fingerprint density at radius 2 is 2.20 bits per heavy atom. The van der Waals surface area contributed by atoms with Crippen LogP contribution in [0.3, 0.4) is 0 Å². The number of esters is 1. The lowest BCUT2D eigenvalue weighted by atomic mass is 9.56. The lowest BCUT2D eigenvalue weighted by Crippen LogP contribution is -2.54. The Hall–Kier alpha value is -1.13. The van der Waals surface area contributed by atoms with Gasteiger partial charge < -0.3 is 14.6 Å². The van der Waals surface area contributed by atoms with Crippen LogP contribution in [0.25, 0.3) is 0 Å². The number of fused-ring (bicyclic) bond motifs is 2. The zero-order valence-corrected chi connectivity index (χ0v) is 12.5. The molecule has 4 heteroatoms. The molecule has 110 valence electrons. The molecule has 0 aromatic rings. The van der Waals surface area contributed by atoms with E-state index < -0.39 is 11.9 Å². The number of aliphatic hydroxyl groups is 1. The smallest absolute Gasteiger partial charge is 0.336 e. The van der Waals surface area contributed by atoms with Crippen LogP contribution in [-0.4, -0.2) is 30.1 Å². The molecule has 0 spiro atoms. The summed E-state index contributed by atoms with van der Waals surface area (Å²) >= 11 is 0. The summed E-state index contributed by atoms with van der Waals surface area (Å²) in [5, 5.41) is 11.0. The van der Waals surface area contributed by atoms with E-state index in [1.807, 2.05) is 0 Å². The van der Waals surface area contributed by atoms with Crippen LogP contribution in [0.1, 0.15) is 40.0 Å². The molecule has 4 atom stereocenters. The number of allylic oxidation sites excluding steroid dienone is 1. The summed E-state index contributed by atoms with van der Waals surface area (Å²) in [5.74, 6) is -1.11. The second-order valence-corrected chi connectivity index (χ2v) is 6.45. The molecule has 3 aliphatic rings. The van der Waals surface area contributed by atoms with E-state index in [-0.39, 0.29) is 11.4 Å². The summed E-state index contributed by atoms with van der Waals surface area (Å²) in [6.07, 6.45) is 4.04. The van der Waals surface area contributed by atoms with Crippen molar-refractivity contribution in [2.45, 2.75) is 51.9 Å². The average molecular weight is 278 g/mol. The van der Waals surface area contributed by atoms with Crippen LogP contribution < -0.4 is 0 Å². The molecule has 1 heterocycles. The molecule has 2 aliphatic carbocycles. The van der Waals surface area contributed by atoms with Gasteiger partial charge in [0.1, 0.15) is 0 Å². The number of hydrogen-bond donors (Lipinski definition) is 1. The Bertz CT molecular complexity index is 533. The lowest BCUT2D eigenvalue weighted by Gasteiger charge is -2.52. The van der Waals surface area contributed by atoms with Crippen molar-refractivity contribution in [2.75, 3.05) is 7.11 Å². The highest BCUT2D eigenvalue weighted by Gasteiger charge is 2.61. The minimum Gasteiger partial charge on any atom is -0.425 e. The molecule has 0 aromatic heterocycles. The van der Waals surface area contributed by atoms with E-state index in [4.69, 9.17) is 9.47 Å². The zero-order valence-electron chi connectivity index (χ0n) is 12.5. The van der Waals surface area contributed by atoms with Crippen LogP contribution in [0.2, 0.25) is 0 Å². The Morgan fingerprint density at radius 3 is 2.85 bits per heavy atom. The highest BCUT2D eigenvalue weighted by atomic mass is 16.7. The monoisotopic (exact) mass is 278 g/mol. The fourth-order valence-corrected chi connectivity index (χ4v) is 4.05. The molecule has 4 nitrogen and oxygen atoms in total. The fourth-order valence-electron chi connectivity index (χ4n) is 4.05. The molecule has 1 aliphatic heterocycles. The summed E-state index contributed by atoms with van der Waals surface area (Å²) in [4.78, 5) is 12.0. The van der Waals surface area contributed by atoms with Crippen LogP contribution in [0.4, 0.5) is 0 Å². The molecule has 1 fully saturated rings. The second-order valence-electron chi connectivity index (χ2n) is 6.45. The van der Waals surface area contributed by atoms with E-state index in [1.165, 1.54) is 7.11 Å². The van der Waals surface area contributed by atoms with Gasteiger partial charge in [0.05, 0.1) is 6.10 Å². The number of hydrogen-bond acceptors (Lipinski definition) is 4. The predicted molar refractivity (Wildman–Crippen MR) is 73.7 cm³/mol. The molecular formula is C16H22O4. The number of ether oxygens (including phenoxy) is 2.